The van der Waals surface area contributed by atoms with Gasteiger partial charge in [-0.1, -0.05) is 30.0 Å². The van der Waals surface area contributed by atoms with Gasteiger partial charge in [-0.25, -0.2) is 9.78 Å². The van der Waals surface area contributed by atoms with Crippen molar-refractivity contribution in [3.8, 4) is 11.3 Å². The van der Waals surface area contributed by atoms with Crippen LogP contribution in [0.2, 0.25) is 0 Å². The van der Waals surface area contributed by atoms with E-state index in [2.05, 4.69) is 10.3 Å². The lowest BCUT2D eigenvalue weighted by Gasteiger charge is -2.14. The van der Waals surface area contributed by atoms with Crippen LogP contribution in [0.25, 0.3) is 17.3 Å². The minimum atomic E-state index is -5.02. The predicted molar refractivity (Wildman–Crippen MR) is 146 cm³/mol. The molecule has 1 aliphatic rings. The summed E-state index contributed by atoms with van der Waals surface area (Å²) in [5.74, 6) is -2.15. The zero-order valence-corrected chi connectivity index (χ0v) is 22.5. The van der Waals surface area contributed by atoms with Crippen LogP contribution in [0.1, 0.15) is 33.6 Å². The Morgan fingerprint density at radius 3 is 2.17 bits per heavy atom. The number of hydrogen-bond acceptors (Lipinski definition) is 6. The Morgan fingerprint density at radius 1 is 0.976 bits per heavy atom. The number of thiocarbonyl (C=S) groups is 1. The van der Waals surface area contributed by atoms with E-state index < -0.39 is 46.8 Å². The summed E-state index contributed by atoms with van der Waals surface area (Å²) in [6.45, 7) is -0.0844. The average molecular weight is 626 g/mol. The molecular formula is C27H17F6N3O4S2. The van der Waals surface area contributed by atoms with E-state index in [4.69, 9.17) is 17.3 Å². The summed E-state index contributed by atoms with van der Waals surface area (Å²) in [6, 6.07) is 10.6. The second-order valence-corrected chi connectivity index (χ2v) is 10.4. The Kier molecular flexibility index (Phi) is 8.73. The number of benzene rings is 2. The lowest BCUT2D eigenvalue weighted by Crippen LogP contribution is -2.31. The maximum Gasteiger partial charge on any atom is 0.416 e. The second-order valence-electron chi connectivity index (χ2n) is 8.76. The first-order valence-electron chi connectivity index (χ1n) is 11.8. The topological polar surface area (TPSA) is 99.6 Å². The fraction of sp³-hybridized carbons (Fsp3) is 0.148. The number of anilines is 1. The van der Waals surface area contributed by atoms with Crippen molar-refractivity contribution in [1.29, 1.82) is 0 Å². The van der Waals surface area contributed by atoms with E-state index in [1.807, 2.05) is 0 Å². The number of nitrogens with zero attached hydrogens (tertiary/aromatic N) is 2. The van der Waals surface area contributed by atoms with E-state index in [9.17, 15) is 40.7 Å². The zero-order chi connectivity index (χ0) is 30.8. The summed E-state index contributed by atoms with van der Waals surface area (Å²) < 4.78 is 79.8. The maximum absolute atomic E-state index is 13.3. The summed E-state index contributed by atoms with van der Waals surface area (Å²) in [7, 11) is 0. The quantitative estimate of drug-likeness (QED) is 0.171. The lowest BCUT2D eigenvalue weighted by molar-refractivity contribution is -0.143. The van der Waals surface area contributed by atoms with Gasteiger partial charge in [-0.2, -0.15) is 26.3 Å². The predicted octanol–water partition coefficient (Wildman–Crippen LogP) is 6.71. The molecule has 0 atom stereocenters. The van der Waals surface area contributed by atoms with Crippen molar-refractivity contribution in [3.63, 3.8) is 0 Å². The first-order valence-corrected chi connectivity index (χ1v) is 13.0. The summed E-state index contributed by atoms with van der Waals surface area (Å²) >= 11 is 6.13. The van der Waals surface area contributed by atoms with Crippen LogP contribution in [0.3, 0.4) is 0 Å². The number of pyridine rings is 1. The van der Waals surface area contributed by atoms with Crippen molar-refractivity contribution in [1.82, 2.24) is 9.88 Å². The number of hydrogen-bond donors (Lipinski definition) is 2. The van der Waals surface area contributed by atoms with E-state index in [1.165, 1.54) is 53.4 Å². The molecular weight excluding hydrogens is 608 g/mol. The van der Waals surface area contributed by atoms with Crippen LogP contribution >= 0.6 is 24.0 Å². The number of alkyl halides is 6. The molecule has 1 aromatic heterocycles. The van der Waals surface area contributed by atoms with Gasteiger partial charge in [0.05, 0.1) is 33.0 Å². The van der Waals surface area contributed by atoms with E-state index in [1.54, 1.807) is 0 Å². The number of carbonyl (C=O) groups excluding carboxylic acids is 2. The van der Waals surface area contributed by atoms with E-state index in [0.29, 0.717) is 17.8 Å². The number of rotatable bonds is 7. The smallest absolute Gasteiger partial charge is 0.416 e. The summed E-state index contributed by atoms with van der Waals surface area (Å²) in [6.07, 6.45) is -8.90. The van der Waals surface area contributed by atoms with Crippen molar-refractivity contribution in [2.45, 2.75) is 18.8 Å². The number of amides is 2. The van der Waals surface area contributed by atoms with Crippen LogP contribution in [-0.2, 0) is 21.9 Å². The van der Waals surface area contributed by atoms with E-state index in [-0.39, 0.29) is 45.2 Å². The molecule has 0 aliphatic carbocycles. The van der Waals surface area contributed by atoms with E-state index in [0.717, 1.165) is 11.8 Å². The minimum absolute atomic E-state index is 0.0218. The summed E-state index contributed by atoms with van der Waals surface area (Å²) in [4.78, 5) is 41.6. The van der Waals surface area contributed by atoms with Crippen molar-refractivity contribution in [2.24, 2.45) is 0 Å². The highest BCUT2D eigenvalue weighted by Gasteiger charge is 2.37. The number of thioether (sulfide) groups is 1. The SMILES string of the molecule is O=C(CCN1C(=O)/C(=C/c2cccc(-c3cc(C(F)(F)F)cc(C(F)(F)F)c3)n2)SC1=S)Nc1ccc(C(=O)O)cc1. The Morgan fingerprint density at radius 2 is 1.60 bits per heavy atom. The largest absolute Gasteiger partial charge is 0.478 e. The van der Waals surface area contributed by atoms with Crippen LogP contribution < -0.4 is 5.32 Å². The number of carboxylic acids is 1. The third-order valence-electron chi connectivity index (χ3n) is 5.78. The highest BCUT2D eigenvalue weighted by Crippen LogP contribution is 2.38. The van der Waals surface area contributed by atoms with Crippen molar-refractivity contribution in [3.05, 3.63) is 88.0 Å². The Balaban J connectivity index is 1.48. The Labute approximate surface area is 243 Å². The van der Waals surface area contributed by atoms with Gasteiger partial charge in [-0.15, -0.1) is 0 Å². The molecule has 4 rings (SSSR count). The number of aromatic nitrogens is 1. The Hall–Kier alpha value is -4.24. The Bertz CT molecular complexity index is 1570. The van der Waals surface area contributed by atoms with Crippen LogP contribution in [0.5, 0.6) is 0 Å². The molecule has 15 heteroatoms. The lowest BCUT2D eigenvalue weighted by atomic mass is 10.0. The molecule has 2 aromatic carbocycles. The van der Waals surface area contributed by atoms with Crippen LogP contribution in [0, 0.1) is 0 Å². The maximum atomic E-state index is 13.3. The summed E-state index contributed by atoms with van der Waals surface area (Å²) in [5.41, 5.74) is -3.08. The molecule has 1 fully saturated rings. The van der Waals surface area contributed by atoms with Crippen molar-refractivity contribution in [2.75, 3.05) is 11.9 Å². The van der Waals surface area contributed by atoms with Gasteiger partial charge in [0.1, 0.15) is 4.32 Å². The molecule has 2 heterocycles. The number of halogens is 6. The number of carbonyl (C=O) groups is 3. The second kappa shape index (κ2) is 11.9. The third-order valence-corrected chi connectivity index (χ3v) is 7.16. The molecule has 1 aliphatic heterocycles. The standard InChI is InChI=1S/C27H17F6N3O4S2/c28-26(29,30)16-10-15(11-17(12-16)27(31,32)33)20-3-1-2-19(34-20)13-21-23(38)36(25(41)42-21)9-8-22(37)35-18-6-4-14(5-7-18)24(39)40/h1-7,10-13H,8-9H2,(H,35,37)(H,39,40)/b21-13-. The van der Waals surface area contributed by atoms with Gasteiger partial charge in [0.2, 0.25) is 5.91 Å². The van der Waals surface area contributed by atoms with Crippen molar-refractivity contribution >= 4 is 57.8 Å². The highest BCUT2D eigenvalue weighted by atomic mass is 32.2. The van der Waals surface area contributed by atoms with Gasteiger partial charge in [0.25, 0.3) is 5.91 Å². The molecule has 1 saturated heterocycles. The normalized spacial score (nSPS) is 14.9. The molecule has 2 amide bonds. The molecule has 218 valence electrons. The van der Waals surface area contributed by atoms with Gasteiger partial charge in [-0.05, 0) is 60.7 Å². The molecule has 0 unspecified atom stereocenters. The van der Waals surface area contributed by atoms with Crippen LogP contribution in [-0.4, -0.2) is 43.6 Å². The molecule has 42 heavy (non-hydrogen) atoms. The van der Waals surface area contributed by atoms with Crippen LogP contribution in [0.15, 0.2) is 65.6 Å². The van der Waals surface area contributed by atoms with Gasteiger partial charge in [0.15, 0.2) is 0 Å². The number of carboxylic acid groups (broad SMARTS) is 1. The minimum Gasteiger partial charge on any atom is -0.478 e. The first kappa shape index (κ1) is 30.7. The molecule has 0 saturated carbocycles. The fourth-order valence-corrected chi connectivity index (χ4v) is 5.05. The average Bonchev–Trinajstić information content (AvgIpc) is 3.18. The van der Waals surface area contributed by atoms with Gasteiger partial charge >= 0.3 is 18.3 Å². The highest BCUT2D eigenvalue weighted by molar-refractivity contribution is 8.26. The van der Waals surface area contributed by atoms with Gasteiger partial charge in [-0.3, -0.25) is 14.5 Å². The molecule has 0 spiro atoms. The number of nitrogens with one attached hydrogen (secondary N) is 1. The fourth-order valence-electron chi connectivity index (χ4n) is 3.76. The van der Waals surface area contributed by atoms with Gasteiger partial charge < -0.3 is 10.4 Å². The molecule has 0 bridgehead atoms. The van der Waals surface area contributed by atoms with Gasteiger partial charge in [0, 0.05) is 24.2 Å². The third kappa shape index (κ3) is 7.33. The number of aromatic carboxylic acids is 1. The van der Waals surface area contributed by atoms with Crippen LogP contribution in [0.4, 0.5) is 32.0 Å². The zero-order valence-electron chi connectivity index (χ0n) is 20.9. The molecule has 0 radical (unpaired) electrons. The molecule has 3 aromatic rings. The van der Waals surface area contributed by atoms with E-state index >= 15 is 0 Å². The monoisotopic (exact) mass is 625 g/mol. The first-order chi connectivity index (χ1) is 19.6. The van der Waals surface area contributed by atoms with Crippen molar-refractivity contribution < 1.29 is 45.8 Å². The molecule has 2 N–H and O–H groups in total. The summed E-state index contributed by atoms with van der Waals surface area (Å²) in [5, 5.41) is 11.5. The molecule has 7 nitrogen and oxygen atoms in total.